The predicted molar refractivity (Wildman–Crippen MR) is 101 cm³/mol. The summed E-state index contributed by atoms with van der Waals surface area (Å²) in [5, 5.41) is 0. The van der Waals surface area contributed by atoms with Crippen LogP contribution in [0.3, 0.4) is 0 Å². The van der Waals surface area contributed by atoms with Gasteiger partial charge in [-0.05, 0) is 36.5 Å². The van der Waals surface area contributed by atoms with Gasteiger partial charge in [0.15, 0.2) is 0 Å². The standard InChI is InChI=1S/C22H24N2O2/c25-21(18-10-5-2-6-11-18)23-12-7-13-24(15-14-23)22(26)20-16-19(20)17-8-3-1-4-9-17/h1-6,8-11,19-20H,7,12-16H2/t19-,20+/m0/s1. The first-order valence-corrected chi connectivity index (χ1v) is 9.42. The Morgan fingerprint density at radius 1 is 0.769 bits per heavy atom. The molecule has 0 bridgehead atoms. The average Bonchev–Trinajstić information content (AvgIpc) is 3.52. The van der Waals surface area contributed by atoms with E-state index in [9.17, 15) is 9.59 Å². The molecule has 0 spiro atoms. The van der Waals surface area contributed by atoms with Gasteiger partial charge in [-0.15, -0.1) is 0 Å². The van der Waals surface area contributed by atoms with Crippen molar-refractivity contribution in [1.82, 2.24) is 9.80 Å². The molecule has 1 aliphatic heterocycles. The van der Waals surface area contributed by atoms with E-state index in [2.05, 4.69) is 12.1 Å². The van der Waals surface area contributed by atoms with Crippen LogP contribution >= 0.6 is 0 Å². The van der Waals surface area contributed by atoms with Crippen molar-refractivity contribution < 1.29 is 9.59 Å². The summed E-state index contributed by atoms with van der Waals surface area (Å²) in [7, 11) is 0. The van der Waals surface area contributed by atoms with Crippen molar-refractivity contribution in [3.63, 3.8) is 0 Å². The first-order valence-electron chi connectivity index (χ1n) is 9.42. The zero-order valence-electron chi connectivity index (χ0n) is 14.9. The summed E-state index contributed by atoms with van der Waals surface area (Å²) in [5.41, 5.74) is 1.99. The van der Waals surface area contributed by atoms with Gasteiger partial charge in [0, 0.05) is 37.7 Å². The molecule has 0 radical (unpaired) electrons. The van der Waals surface area contributed by atoms with Gasteiger partial charge >= 0.3 is 0 Å². The fourth-order valence-corrected chi connectivity index (χ4v) is 3.88. The van der Waals surface area contributed by atoms with E-state index >= 15 is 0 Å². The second-order valence-electron chi connectivity index (χ2n) is 7.20. The number of carbonyl (C=O) groups excluding carboxylic acids is 2. The van der Waals surface area contributed by atoms with Crippen LogP contribution in [-0.2, 0) is 4.79 Å². The van der Waals surface area contributed by atoms with Crippen molar-refractivity contribution in [2.24, 2.45) is 5.92 Å². The van der Waals surface area contributed by atoms with Crippen molar-refractivity contribution >= 4 is 11.8 Å². The number of rotatable bonds is 3. The highest BCUT2D eigenvalue weighted by Crippen LogP contribution is 2.48. The van der Waals surface area contributed by atoms with E-state index < -0.39 is 0 Å². The Morgan fingerprint density at radius 3 is 2.12 bits per heavy atom. The quantitative estimate of drug-likeness (QED) is 0.855. The third-order valence-corrected chi connectivity index (χ3v) is 5.45. The lowest BCUT2D eigenvalue weighted by Gasteiger charge is -2.22. The van der Waals surface area contributed by atoms with E-state index in [0.717, 1.165) is 24.9 Å². The van der Waals surface area contributed by atoms with E-state index in [4.69, 9.17) is 0 Å². The van der Waals surface area contributed by atoms with E-state index in [1.807, 2.05) is 58.3 Å². The lowest BCUT2D eigenvalue weighted by molar-refractivity contribution is -0.132. The fraction of sp³-hybridized carbons (Fsp3) is 0.364. The predicted octanol–water partition coefficient (Wildman–Crippen LogP) is 3.16. The van der Waals surface area contributed by atoms with Crippen LogP contribution < -0.4 is 0 Å². The highest BCUT2D eigenvalue weighted by Gasteiger charge is 2.45. The monoisotopic (exact) mass is 348 g/mol. The van der Waals surface area contributed by atoms with Gasteiger partial charge in [-0.3, -0.25) is 9.59 Å². The van der Waals surface area contributed by atoms with Gasteiger partial charge < -0.3 is 9.80 Å². The normalized spacial score (nSPS) is 22.6. The molecule has 1 aliphatic carbocycles. The summed E-state index contributed by atoms with van der Waals surface area (Å²) in [6.45, 7) is 2.71. The van der Waals surface area contributed by atoms with Crippen molar-refractivity contribution in [1.29, 1.82) is 0 Å². The highest BCUT2D eigenvalue weighted by atomic mass is 16.2. The molecule has 2 aliphatic rings. The summed E-state index contributed by atoms with van der Waals surface area (Å²) in [5.74, 6) is 0.809. The maximum Gasteiger partial charge on any atom is 0.253 e. The molecule has 2 amide bonds. The second kappa shape index (κ2) is 7.32. The average molecular weight is 348 g/mol. The molecule has 1 saturated heterocycles. The van der Waals surface area contributed by atoms with Crippen LogP contribution in [0, 0.1) is 5.92 Å². The molecule has 0 unspecified atom stereocenters. The number of nitrogens with zero attached hydrogens (tertiary/aromatic N) is 2. The number of hydrogen-bond donors (Lipinski definition) is 0. The van der Waals surface area contributed by atoms with Crippen molar-refractivity contribution in [3.8, 4) is 0 Å². The maximum absolute atomic E-state index is 12.9. The SMILES string of the molecule is O=C(c1ccccc1)N1CCCN(C(=O)[C@@H]2C[C@H]2c2ccccc2)CC1. The van der Waals surface area contributed by atoms with Gasteiger partial charge in [0.25, 0.3) is 5.91 Å². The zero-order chi connectivity index (χ0) is 17.9. The van der Waals surface area contributed by atoms with Crippen LogP contribution in [0.25, 0.3) is 0 Å². The van der Waals surface area contributed by atoms with Crippen molar-refractivity contribution in [2.75, 3.05) is 26.2 Å². The molecule has 2 fully saturated rings. The summed E-state index contributed by atoms with van der Waals surface area (Å²) in [4.78, 5) is 29.3. The first kappa shape index (κ1) is 16.8. The zero-order valence-corrected chi connectivity index (χ0v) is 14.9. The second-order valence-corrected chi connectivity index (χ2v) is 7.20. The molecular weight excluding hydrogens is 324 g/mol. The summed E-state index contributed by atoms with van der Waals surface area (Å²) >= 11 is 0. The Hall–Kier alpha value is -2.62. The molecule has 1 heterocycles. The molecule has 1 saturated carbocycles. The number of hydrogen-bond acceptors (Lipinski definition) is 2. The van der Waals surface area contributed by atoms with Crippen LogP contribution in [0.4, 0.5) is 0 Å². The molecule has 2 aromatic carbocycles. The van der Waals surface area contributed by atoms with Crippen molar-refractivity contribution in [2.45, 2.75) is 18.8 Å². The van der Waals surface area contributed by atoms with Crippen LogP contribution in [0.5, 0.6) is 0 Å². The number of benzene rings is 2. The van der Waals surface area contributed by atoms with Gasteiger partial charge in [-0.25, -0.2) is 0 Å². The highest BCUT2D eigenvalue weighted by molar-refractivity contribution is 5.94. The molecule has 134 valence electrons. The molecule has 0 aromatic heterocycles. The first-order chi connectivity index (χ1) is 12.7. The van der Waals surface area contributed by atoms with Crippen LogP contribution in [-0.4, -0.2) is 47.8 Å². The van der Waals surface area contributed by atoms with Gasteiger partial charge in [-0.2, -0.15) is 0 Å². The Bertz CT molecular complexity index is 775. The van der Waals surface area contributed by atoms with Gasteiger partial charge in [0.2, 0.25) is 5.91 Å². The lowest BCUT2D eigenvalue weighted by Crippen LogP contribution is -2.38. The smallest absolute Gasteiger partial charge is 0.253 e. The lowest BCUT2D eigenvalue weighted by atomic mass is 10.1. The Kier molecular flexibility index (Phi) is 4.74. The summed E-state index contributed by atoms with van der Waals surface area (Å²) in [6.07, 6.45) is 1.79. The van der Waals surface area contributed by atoms with E-state index in [-0.39, 0.29) is 17.7 Å². The van der Waals surface area contributed by atoms with E-state index in [1.54, 1.807) is 0 Å². The fourth-order valence-electron chi connectivity index (χ4n) is 3.88. The Morgan fingerprint density at radius 2 is 1.38 bits per heavy atom. The largest absolute Gasteiger partial charge is 0.341 e. The van der Waals surface area contributed by atoms with Gasteiger partial charge in [-0.1, -0.05) is 48.5 Å². The molecule has 2 aromatic rings. The van der Waals surface area contributed by atoms with Crippen LogP contribution in [0.1, 0.15) is 34.7 Å². The third kappa shape index (κ3) is 3.50. The molecule has 0 N–H and O–H groups in total. The molecule has 4 heteroatoms. The summed E-state index contributed by atoms with van der Waals surface area (Å²) in [6, 6.07) is 19.7. The molecule has 2 atom stereocenters. The number of carbonyl (C=O) groups is 2. The van der Waals surface area contributed by atoms with Crippen LogP contribution in [0.2, 0.25) is 0 Å². The molecule has 4 rings (SSSR count). The minimum absolute atomic E-state index is 0.0634. The molecular formula is C22H24N2O2. The van der Waals surface area contributed by atoms with E-state index in [0.29, 0.717) is 25.6 Å². The van der Waals surface area contributed by atoms with Crippen LogP contribution in [0.15, 0.2) is 60.7 Å². The minimum Gasteiger partial charge on any atom is -0.341 e. The summed E-state index contributed by atoms with van der Waals surface area (Å²) < 4.78 is 0. The van der Waals surface area contributed by atoms with Gasteiger partial charge in [0.05, 0.1) is 0 Å². The topological polar surface area (TPSA) is 40.6 Å². The molecule has 26 heavy (non-hydrogen) atoms. The van der Waals surface area contributed by atoms with Gasteiger partial charge in [0.1, 0.15) is 0 Å². The van der Waals surface area contributed by atoms with Crippen molar-refractivity contribution in [3.05, 3.63) is 71.8 Å². The maximum atomic E-state index is 12.9. The number of amides is 2. The molecule has 4 nitrogen and oxygen atoms in total. The third-order valence-electron chi connectivity index (χ3n) is 5.45. The Labute approximate surface area is 154 Å². The Balaban J connectivity index is 1.35. The van der Waals surface area contributed by atoms with E-state index in [1.165, 1.54) is 5.56 Å². The minimum atomic E-state index is 0.0634.